The number of aliphatic carboxylic acids is 1. The summed E-state index contributed by atoms with van der Waals surface area (Å²) in [5.41, 5.74) is 1.46. The average molecular weight is 441 g/mol. The van der Waals surface area contributed by atoms with Crippen LogP contribution < -0.4 is 4.90 Å². The number of carbonyl (C=O) groups is 3. The number of thiocarbonyl (C=S) groups is 1. The van der Waals surface area contributed by atoms with E-state index in [9.17, 15) is 14.4 Å². The zero-order chi connectivity index (χ0) is 18.3. The number of rotatable bonds is 5. The molecule has 0 aliphatic carbocycles. The summed E-state index contributed by atoms with van der Waals surface area (Å²) < 4.78 is 0.980. The molecule has 2 amide bonds. The summed E-state index contributed by atoms with van der Waals surface area (Å²) in [6.45, 7) is 3.51. The Morgan fingerprint density at radius 2 is 2.08 bits per heavy atom. The Kier molecular flexibility index (Phi) is 4.99. The van der Waals surface area contributed by atoms with E-state index in [1.807, 2.05) is 18.2 Å². The van der Waals surface area contributed by atoms with Gasteiger partial charge in [-0.05, 0) is 23.8 Å². The van der Waals surface area contributed by atoms with Crippen LogP contribution in [-0.2, 0) is 14.4 Å². The van der Waals surface area contributed by atoms with Crippen LogP contribution in [0, 0.1) is 0 Å². The second-order valence-electron chi connectivity index (χ2n) is 5.54. The number of thioether (sulfide) groups is 1. The van der Waals surface area contributed by atoms with Gasteiger partial charge in [0.2, 0.25) is 11.8 Å². The van der Waals surface area contributed by atoms with Crippen molar-refractivity contribution < 1.29 is 19.5 Å². The van der Waals surface area contributed by atoms with Crippen LogP contribution in [0.3, 0.4) is 0 Å². The van der Waals surface area contributed by atoms with Gasteiger partial charge in [0, 0.05) is 16.7 Å². The number of hydrogen-bond donors (Lipinski definition) is 1. The van der Waals surface area contributed by atoms with Gasteiger partial charge in [0.05, 0.1) is 5.92 Å². The quantitative estimate of drug-likeness (QED) is 0.559. The highest BCUT2D eigenvalue weighted by atomic mass is 79.9. The van der Waals surface area contributed by atoms with Crippen LogP contribution >= 0.6 is 39.9 Å². The normalized spacial score (nSPS) is 22.5. The number of amides is 2. The van der Waals surface area contributed by atoms with Crippen LogP contribution in [0.25, 0.3) is 0 Å². The Bertz CT molecular complexity index is 813. The van der Waals surface area contributed by atoms with Gasteiger partial charge in [-0.1, -0.05) is 46.0 Å². The number of anilines is 1. The van der Waals surface area contributed by atoms with Crippen molar-refractivity contribution in [2.45, 2.75) is 11.2 Å². The molecule has 25 heavy (non-hydrogen) atoms. The predicted octanol–water partition coefficient (Wildman–Crippen LogP) is 2.38. The fourth-order valence-corrected chi connectivity index (χ4v) is 4.97. The van der Waals surface area contributed by atoms with Crippen LogP contribution in [0.1, 0.15) is 11.5 Å². The number of benzene rings is 1. The first-order valence-corrected chi connectivity index (χ1v) is 9.38. The number of fused-ring (bicyclic) bond motifs is 1. The third kappa shape index (κ3) is 3.11. The van der Waals surface area contributed by atoms with E-state index in [1.54, 1.807) is 11.0 Å². The molecule has 2 aliphatic heterocycles. The summed E-state index contributed by atoms with van der Waals surface area (Å²) in [5, 5.41) is 8.20. The number of carbonyl (C=O) groups excluding carboxylic acids is 2. The lowest BCUT2D eigenvalue weighted by Gasteiger charge is -2.18. The van der Waals surface area contributed by atoms with Gasteiger partial charge >= 0.3 is 5.97 Å². The number of carboxylic acid groups (broad SMARTS) is 1. The molecule has 2 aliphatic rings. The van der Waals surface area contributed by atoms with Gasteiger partial charge in [0.15, 0.2) is 0 Å². The average Bonchev–Trinajstić information content (AvgIpc) is 2.96. The largest absolute Gasteiger partial charge is 0.480 e. The monoisotopic (exact) mass is 440 g/mol. The van der Waals surface area contributed by atoms with Gasteiger partial charge in [0.1, 0.15) is 16.1 Å². The molecule has 1 saturated heterocycles. The highest BCUT2D eigenvalue weighted by molar-refractivity contribution is 9.10. The van der Waals surface area contributed by atoms with Crippen molar-refractivity contribution in [1.29, 1.82) is 0 Å². The van der Waals surface area contributed by atoms with E-state index in [2.05, 4.69) is 22.5 Å². The lowest BCUT2D eigenvalue weighted by Crippen LogP contribution is -2.39. The Balaban J connectivity index is 2.00. The molecule has 1 aromatic rings. The van der Waals surface area contributed by atoms with E-state index in [1.165, 1.54) is 0 Å². The SMILES string of the molecule is C=CCN1C(=O)C(C2SC(=S)N(CC(=O)O)C2=O)c2cc(Br)ccc21. The summed E-state index contributed by atoms with van der Waals surface area (Å²) in [5.74, 6) is -2.51. The molecule has 130 valence electrons. The number of halogens is 1. The minimum absolute atomic E-state index is 0.184. The van der Waals surface area contributed by atoms with Gasteiger partial charge in [-0.2, -0.15) is 0 Å². The van der Waals surface area contributed by atoms with Crippen LogP contribution in [0.4, 0.5) is 5.69 Å². The molecule has 1 fully saturated rings. The molecular weight excluding hydrogens is 428 g/mol. The molecule has 9 heteroatoms. The van der Waals surface area contributed by atoms with Gasteiger partial charge in [-0.3, -0.25) is 19.3 Å². The predicted molar refractivity (Wildman–Crippen MR) is 103 cm³/mol. The van der Waals surface area contributed by atoms with Gasteiger partial charge < -0.3 is 10.0 Å². The highest BCUT2D eigenvalue weighted by Crippen LogP contribution is 2.46. The molecule has 0 spiro atoms. The molecule has 0 saturated carbocycles. The van der Waals surface area contributed by atoms with Crippen molar-refractivity contribution in [3.8, 4) is 0 Å². The Morgan fingerprint density at radius 1 is 1.36 bits per heavy atom. The fourth-order valence-electron chi connectivity index (χ4n) is 3.00. The smallest absolute Gasteiger partial charge is 0.323 e. The fraction of sp³-hybridized carbons (Fsp3) is 0.250. The van der Waals surface area contributed by atoms with Crippen molar-refractivity contribution in [3.63, 3.8) is 0 Å². The Morgan fingerprint density at radius 3 is 2.72 bits per heavy atom. The number of carboxylic acids is 1. The molecule has 2 atom stereocenters. The maximum absolute atomic E-state index is 13.0. The topological polar surface area (TPSA) is 77.9 Å². The number of nitrogens with zero attached hydrogens (tertiary/aromatic N) is 2. The van der Waals surface area contributed by atoms with Crippen LogP contribution in [0.2, 0.25) is 0 Å². The van der Waals surface area contributed by atoms with Gasteiger partial charge in [-0.25, -0.2) is 0 Å². The Hall–Kier alpha value is -1.71. The standard InChI is InChI=1S/C16H13BrN2O4S2/c1-2-5-18-10-4-3-8(17)6-9(10)12(14(18)22)13-15(23)19(7-11(20)21)16(24)25-13/h2-4,6,12-13H,1,5,7H2,(H,20,21). The molecule has 2 unspecified atom stereocenters. The first-order chi connectivity index (χ1) is 11.8. The zero-order valence-corrected chi connectivity index (χ0v) is 16.1. The third-order valence-electron chi connectivity index (χ3n) is 4.01. The highest BCUT2D eigenvalue weighted by Gasteiger charge is 2.50. The van der Waals surface area contributed by atoms with Crippen LogP contribution in [0.5, 0.6) is 0 Å². The van der Waals surface area contributed by atoms with Crippen molar-refractivity contribution >= 4 is 67.7 Å². The van der Waals surface area contributed by atoms with Crippen molar-refractivity contribution in [2.75, 3.05) is 18.0 Å². The summed E-state index contributed by atoms with van der Waals surface area (Å²) in [6, 6.07) is 5.46. The molecule has 2 heterocycles. The maximum Gasteiger partial charge on any atom is 0.323 e. The summed E-state index contributed by atoms with van der Waals surface area (Å²) in [6.07, 6.45) is 1.62. The van der Waals surface area contributed by atoms with E-state index in [0.29, 0.717) is 6.54 Å². The molecule has 3 rings (SSSR count). The van der Waals surface area contributed by atoms with Crippen molar-refractivity contribution in [3.05, 3.63) is 40.9 Å². The first-order valence-electron chi connectivity index (χ1n) is 7.30. The minimum atomic E-state index is -1.15. The summed E-state index contributed by atoms with van der Waals surface area (Å²) >= 11 is 9.61. The molecular formula is C16H13BrN2O4S2. The van der Waals surface area contributed by atoms with E-state index in [-0.39, 0.29) is 10.2 Å². The lowest BCUT2D eigenvalue weighted by molar-refractivity contribution is -0.141. The summed E-state index contributed by atoms with van der Waals surface area (Å²) in [4.78, 5) is 39.2. The second kappa shape index (κ2) is 6.89. The lowest BCUT2D eigenvalue weighted by atomic mass is 9.96. The van der Waals surface area contributed by atoms with Crippen LogP contribution in [0.15, 0.2) is 35.3 Å². The van der Waals surface area contributed by atoms with E-state index in [0.717, 1.165) is 32.4 Å². The molecule has 0 bridgehead atoms. The molecule has 0 aromatic heterocycles. The number of hydrogen-bond acceptors (Lipinski definition) is 5. The van der Waals surface area contributed by atoms with E-state index >= 15 is 0 Å². The van der Waals surface area contributed by atoms with Crippen molar-refractivity contribution in [2.24, 2.45) is 0 Å². The minimum Gasteiger partial charge on any atom is -0.480 e. The van der Waals surface area contributed by atoms with E-state index < -0.39 is 29.6 Å². The molecule has 1 aromatic carbocycles. The maximum atomic E-state index is 13.0. The molecule has 6 nitrogen and oxygen atoms in total. The van der Waals surface area contributed by atoms with E-state index in [4.69, 9.17) is 17.3 Å². The van der Waals surface area contributed by atoms with Crippen LogP contribution in [-0.4, -0.2) is 50.5 Å². The Labute approximate surface area is 162 Å². The first kappa shape index (κ1) is 18.1. The van der Waals surface area contributed by atoms with Gasteiger partial charge in [0.25, 0.3) is 0 Å². The second-order valence-corrected chi connectivity index (χ2v) is 8.23. The van der Waals surface area contributed by atoms with Crippen molar-refractivity contribution in [1.82, 2.24) is 4.90 Å². The van der Waals surface area contributed by atoms with Gasteiger partial charge in [-0.15, -0.1) is 6.58 Å². The molecule has 0 radical (unpaired) electrons. The zero-order valence-electron chi connectivity index (χ0n) is 12.8. The third-order valence-corrected chi connectivity index (χ3v) is 6.16. The molecule has 1 N–H and O–H groups in total. The summed E-state index contributed by atoms with van der Waals surface area (Å²) in [7, 11) is 0.